The summed E-state index contributed by atoms with van der Waals surface area (Å²) in [5, 5.41) is 3.82. The Hall–Kier alpha value is -0.820. The Morgan fingerprint density at radius 1 is 0.900 bits per heavy atom. The van der Waals surface area contributed by atoms with Gasteiger partial charge in [-0.2, -0.15) is 0 Å². The molecule has 1 aromatic carbocycles. The standard InChI is InChI=1S/C19H29N/c1-2-7-16(8-3-1)9-6-14-20-19-13-12-17-10-4-5-11-18(17)15-19/h1-3,7-8,17-20H,4-6,9-15H2. The van der Waals surface area contributed by atoms with Crippen LogP contribution in [0.3, 0.4) is 0 Å². The zero-order valence-electron chi connectivity index (χ0n) is 12.7. The highest BCUT2D eigenvalue weighted by Gasteiger charge is 2.31. The molecule has 3 rings (SSSR count). The lowest BCUT2D eigenvalue weighted by Crippen LogP contribution is -2.39. The average molecular weight is 271 g/mol. The second-order valence-corrected chi connectivity index (χ2v) is 6.86. The quantitative estimate of drug-likeness (QED) is 0.774. The van der Waals surface area contributed by atoms with E-state index in [0.29, 0.717) is 0 Å². The highest BCUT2D eigenvalue weighted by Crippen LogP contribution is 2.40. The molecule has 110 valence electrons. The molecule has 2 aliphatic carbocycles. The van der Waals surface area contributed by atoms with Crippen LogP contribution in [0.25, 0.3) is 0 Å². The molecule has 0 spiro atoms. The lowest BCUT2D eigenvalue weighted by Gasteiger charge is -2.39. The van der Waals surface area contributed by atoms with Gasteiger partial charge in [-0.15, -0.1) is 0 Å². The van der Waals surface area contributed by atoms with Gasteiger partial charge in [0.05, 0.1) is 0 Å². The summed E-state index contributed by atoms with van der Waals surface area (Å²) in [6, 6.07) is 11.7. The van der Waals surface area contributed by atoms with Crippen molar-refractivity contribution in [1.29, 1.82) is 0 Å². The lowest BCUT2D eigenvalue weighted by atomic mass is 9.69. The zero-order chi connectivity index (χ0) is 13.6. The molecular weight excluding hydrogens is 242 g/mol. The summed E-state index contributed by atoms with van der Waals surface area (Å²) in [7, 11) is 0. The fourth-order valence-corrected chi connectivity index (χ4v) is 4.30. The molecule has 3 atom stereocenters. The van der Waals surface area contributed by atoms with E-state index < -0.39 is 0 Å². The normalized spacial score (nSPS) is 29.9. The van der Waals surface area contributed by atoms with Gasteiger partial charge in [-0.1, -0.05) is 56.0 Å². The Bertz CT molecular complexity index is 386. The van der Waals surface area contributed by atoms with E-state index in [2.05, 4.69) is 35.6 Å². The Kier molecular flexibility index (Phi) is 5.13. The smallest absolute Gasteiger partial charge is 0.00699 e. The van der Waals surface area contributed by atoms with Gasteiger partial charge >= 0.3 is 0 Å². The maximum absolute atomic E-state index is 3.82. The number of aryl methyl sites for hydroxylation is 1. The minimum absolute atomic E-state index is 0.810. The topological polar surface area (TPSA) is 12.0 Å². The molecule has 2 aliphatic rings. The van der Waals surface area contributed by atoms with Gasteiger partial charge < -0.3 is 5.32 Å². The van der Waals surface area contributed by atoms with Crippen LogP contribution in [-0.4, -0.2) is 12.6 Å². The average Bonchev–Trinajstić information content (AvgIpc) is 2.52. The first-order valence-electron chi connectivity index (χ1n) is 8.69. The molecule has 0 radical (unpaired) electrons. The summed E-state index contributed by atoms with van der Waals surface area (Å²) in [4.78, 5) is 0. The molecular formula is C19H29N. The van der Waals surface area contributed by atoms with Crippen LogP contribution >= 0.6 is 0 Å². The van der Waals surface area contributed by atoms with Crippen LogP contribution in [0.2, 0.25) is 0 Å². The highest BCUT2D eigenvalue weighted by molar-refractivity contribution is 5.14. The third-order valence-electron chi connectivity index (χ3n) is 5.46. The van der Waals surface area contributed by atoms with E-state index in [1.807, 2.05) is 0 Å². The van der Waals surface area contributed by atoms with Gasteiger partial charge in [0.25, 0.3) is 0 Å². The van der Waals surface area contributed by atoms with Crippen LogP contribution in [0.5, 0.6) is 0 Å². The van der Waals surface area contributed by atoms with Gasteiger partial charge in [0.15, 0.2) is 0 Å². The summed E-state index contributed by atoms with van der Waals surface area (Å²) in [6.07, 6.45) is 12.9. The summed E-state index contributed by atoms with van der Waals surface area (Å²) in [5.74, 6) is 2.12. The number of fused-ring (bicyclic) bond motifs is 1. The van der Waals surface area contributed by atoms with E-state index in [0.717, 1.165) is 17.9 Å². The molecule has 0 bridgehead atoms. The van der Waals surface area contributed by atoms with Gasteiger partial charge in [0.2, 0.25) is 0 Å². The maximum atomic E-state index is 3.82. The van der Waals surface area contributed by atoms with Crippen molar-refractivity contribution in [2.45, 2.75) is 63.8 Å². The largest absolute Gasteiger partial charge is 0.314 e. The first-order valence-corrected chi connectivity index (χ1v) is 8.69. The van der Waals surface area contributed by atoms with E-state index in [9.17, 15) is 0 Å². The number of nitrogens with one attached hydrogen (secondary N) is 1. The fourth-order valence-electron chi connectivity index (χ4n) is 4.30. The zero-order valence-corrected chi connectivity index (χ0v) is 12.7. The van der Waals surface area contributed by atoms with Crippen molar-refractivity contribution in [3.63, 3.8) is 0 Å². The van der Waals surface area contributed by atoms with E-state index in [-0.39, 0.29) is 0 Å². The molecule has 0 aromatic heterocycles. The van der Waals surface area contributed by atoms with Crippen molar-refractivity contribution in [1.82, 2.24) is 5.32 Å². The Morgan fingerprint density at radius 2 is 1.70 bits per heavy atom. The predicted molar refractivity (Wildman–Crippen MR) is 85.9 cm³/mol. The van der Waals surface area contributed by atoms with E-state index in [4.69, 9.17) is 0 Å². The van der Waals surface area contributed by atoms with Crippen molar-refractivity contribution >= 4 is 0 Å². The van der Waals surface area contributed by atoms with Crippen molar-refractivity contribution in [3.05, 3.63) is 35.9 Å². The maximum Gasteiger partial charge on any atom is 0.00699 e. The fraction of sp³-hybridized carbons (Fsp3) is 0.684. The predicted octanol–water partition coefficient (Wildman–Crippen LogP) is 4.57. The van der Waals surface area contributed by atoms with Gasteiger partial charge in [0, 0.05) is 6.04 Å². The molecule has 2 fully saturated rings. The monoisotopic (exact) mass is 271 g/mol. The first-order chi connectivity index (χ1) is 9.92. The number of rotatable bonds is 5. The van der Waals surface area contributed by atoms with Crippen LogP contribution in [-0.2, 0) is 6.42 Å². The minimum Gasteiger partial charge on any atom is -0.314 e. The van der Waals surface area contributed by atoms with Gasteiger partial charge in [-0.05, 0) is 56.0 Å². The number of hydrogen-bond acceptors (Lipinski definition) is 1. The molecule has 1 aromatic rings. The molecule has 20 heavy (non-hydrogen) atoms. The molecule has 0 heterocycles. The molecule has 0 amide bonds. The van der Waals surface area contributed by atoms with Gasteiger partial charge in [0.1, 0.15) is 0 Å². The Labute approximate surface area is 124 Å². The van der Waals surface area contributed by atoms with Crippen LogP contribution in [0.1, 0.15) is 56.9 Å². The molecule has 1 heteroatoms. The molecule has 1 N–H and O–H groups in total. The van der Waals surface area contributed by atoms with Crippen molar-refractivity contribution < 1.29 is 0 Å². The third kappa shape index (κ3) is 3.85. The van der Waals surface area contributed by atoms with Crippen LogP contribution in [0, 0.1) is 11.8 Å². The lowest BCUT2D eigenvalue weighted by molar-refractivity contribution is 0.144. The molecule has 0 aliphatic heterocycles. The molecule has 1 nitrogen and oxygen atoms in total. The first kappa shape index (κ1) is 14.1. The van der Waals surface area contributed by atoms with Crippen molar-refractivity contribution in [3.8, 4) is 0 Å². The van der Waals surface area contributed by atoms with Gasteiger partial charge in [-0.3, -0.25) is 0 Å². The molecule has 2 saturated carbocycles. The molecule has 0 saturated heterocycles. The SMILES string of the molecule is c1ccc(CCCNC2CCC3CCCCC3C2)cc1. The van der Waals surface area contributed by atoms with Crippen molar-refractivity contribution in [2.75, 3.05) is 6.54 Å². The summed E-state index contributed by atoms with van der Waals surface area (Å²) >= 11 is 0. The number of hydrogen-bond donors (Lipinski definition) is 1. The summed E-state index contributed by atoms with van der Waals surface area (Å²) < 4.78 is 0. The van der Waals surface area contributed by atoms with E-state index in [1.165, 1.54) is 69.9 Å². The summed E-state index contributed by atoms with van der Waals surface area (Å²) in [5.41, 5.74) is 1.48. The highest BCUT2D eigenvalue weighted by atomic mass is 14.9. The van der Waals surface area contributed by atoms with Crippen LogP contribution < -0.4 is 5.32 Å². The number of benzene rings is 1. The third-order valence-corrected chi connectivity index (χ3v) is 5.46. The Morgan fingerprint density at radius 3 is 2.55 bits per heavy atom. The van der Waals surface area contributed by atoms with Crippen molar-refractivity contribution in [2.24, 2.45) is 11.8 Å². The van der Waals surface area contributed by atoms with Gasteiger partial charge in [-0.25, -0.2) is 0 Å². The summed E-state index contributed by atoms with van der Waals surface area (Å²) in [6.45, 7) is 1.19. The second-order valence-electron chi connectivity index (χ2n) is 6.86. The second kappa shape index (κ2) is 7.26. The van der Waals surface area contributed by atoms with Crippen LogP contribution in [0.15, 0.2) is 30.3 Å². The van der Waals surface area contributed by atoms with Crippen LogP contribution in [0.4, 0.5) is 0 Å². The molecule has 3 unspecified atom stereocenters. The Balaban J connectivity index is 1.35. The minimum atomic E-state index is 0.810. The van der Waals surface area contributed by atoms with E-state index in [1.54, 1.807) is 0 Å². The van der Waals surface area contributed by atoms with E-state index >= 15 is 0 Å².